The van der Waals surface area contributed by atoms with Crippen molar-refractivity contribution in [2.75, 3.05) is 33.2 Å². The number of rotatable bonds is 23. The number of carbonyl (C=O) groups is 6. The maximum absolute atomic E-state index is 12.6. The first-order valence-corrected chi connectivity index (χ1v) is 24.8. The van der Waals surface area contributed by atoms with Crippen LogP contribution in [0.5, 0.6) is 11.5 Å². The summed E-state index contributed by atoms with van der Waals surface area (Å²) < 4.78 is 54.2. The van der Waals surface area contributed by atoms with Gasteiger partial charge in [0.2, 0.25) is 12.6 Å². The molecule has 4 aromatic carbocycles. The number of likely N-dealkylation sites (N-methyl/N-ethyl adjacent to an activating group) is 1. The quantitative estimate of drug-likeness (QED) is 0.0307. The molecule has 0 aliphatic carbocycles. The van der Waals surface area contributed by atoms with Crippen LogP contribution in [0.1, 0.15) is 140 Å². The van der Waals surface area contributed by atoms with Gasteiger partial charge in [0.1, 0.15) is 22.7 Å². The van der Waals surface area contributed by atoms with Crippen LogP contribution in [-0.4, -0.2) is 104 Å². The monoisotopic (exact) mass is 1170 g/mol. The normalized spacial score (nSPS) is 11.7. The molecule has 2 atom stereocenters. The van der Waals surface area contributed by atoms with Crippen molar-refractivity contribution in [2.24, 2.45) is 5.73 Å². The summed E-state index contributed by atoms with van der Waals surface area (Å²) >= 11 is 11.7. The Bertz CT molecular complexity index is 2470. The van der Waals surface area contributed by atoms with Crippen molar-refractivity contribution in [2.45, 2.75) is 153 Å². The number of hydrogen-bond acceptors (Lipinski definition) is 16. The van der Waals surface area contributed by atoms with E-state index in [0.29, 0.717) is 72.0 Å². The van der Waals surface area contributed by atoms with E-state index >= 15 is 0 Å². The lowest BCUT2D eigenvalue weighted by molar-refractivity contribution is -0.185. The summed E-state index contributed by atoms with van der Waals surface area (Å²) in [5, 5.41) is 9.77. The molecule has 0 fully saturated rings. The van der Waals surface area contributed by atoms with Gasteiger partial charge in [-0.25, -0.2) is 19.2 Å². The average molecular weight is 1170 g/mol. The second-order valence-corrected chi connectivity index (χ2v) is 19.6. The first kappa shape index (κ1) is 72.7. The second kappa shape index (κ2) is 36.8. The molecule has 2 amide bonds. The zero-order valence-electron chi connectivity index (χ0n) is 48.3. The minimum Gasteiger partial charge on any atom is -0.476 e. The highest BCUT2D eigenvalue weighted by Crippen LogP contribution is 2.24. The number of nitrogens with two attached hydrogens (primary N) is 1. The van der Waals surface area contributed by atoms with E-state index in [1.54, 1.807) is 128 Å². The highest BCUT2D eigenvalue weighted by atomic mass is 35.5. The highest BCUT2D eigenvalue weighted by molar-refractivity contribution is 6.31. The fraction of sp³-hybridized carbons (Fsp3) is 0.483. The van der Waals surface area contributed by atoms with E-state index in [1.807, 2.05) is 24.3 Å². The molecule has 79 heavy (non-hydrogen) atoms. The van der Waals surface area contributed by atoms with Crippen molar-refractivity contribution >= 4 is 71.7 Å². The van der Waals surface area contributed by atoms with Gasteiger partial charge < -0.3 is 59.6 Å². The van der Waals surface area contributed by atoms with Crippen molar-refractivity contribution in [3.8, 4) is 11.5 Å². The predicted molar refractivity (Wildman–Crippen MR) is 313 cm³/mol. The van der Waals surface area contributed by atoms with Gasteiger partial charge in [0.05, 0.1) is 0 Å². The van der Waals surface area contributed by atoms with Gasteiger partial charge in [-0.2, -0.15) is 0 Å². The van der Waals surface area contributed by atoms with Gasteiger partial charge in [-0.3, -0.25) is 9.59 Å². The maximum Gasteiger partial charge on any atom is 0.511 e. The standard InChI is InChI=1S/C27H35ClN2O7.C26H33ClN2O7.C2H6.3CH4.ClH/c1-18(35-25(33)37-26(2,3)17-29-6)34-24(32)27(4,5)36-22-13-7-19(8-14-22)15-16-30-23(31)20-9-11-21(28)12-10-20;1-17(34-24(32)36-25(2,3)16-28)33-23(31)26(4,5)35-21-12-6-18(7-13-21)14-15-29-22(30)19-8-10-20(27)11-9-19;1-2;;;;/h7-14,18,29H,15-17H2,1-6H3,(H,30,31);6-13,17H,14-16,28H2,1-5H3,(H,29,30);1-2H3;3*1H4;1H/i;;1D;1T;;;. The molecule has 0 saturated carbocycles. The zero-order chi connectivity index (χ0) is 59.3. The summed E-state index contributed by atoms with van der Waals surface area (Å²) in [5.74, 6) is -0.890. The summed E-state index contributed by atoms with van der Waals surface area (Å²) in [6.07, 6.45) is -3.08. The van der Waals surface area contributed by atoms with Gasteiger partial charge in [-0.05, 0) is 159 Å². The van der Waals surface area contributed by atoms with Crippen LogP contribution in [0.25, 0.3) is 0 Å². The van der Waals surface area contributed by atoms with Crippen LogP contribution in [0.4, 0.5) is 9.59 Å². The van der Waals surface area contributed by atoms with Crippen LogP contribution in [0.15, 0.2) is 97.1 Å². The Balaban J connectivity index is -0.00000134. The molecule has 0 aliphatic rings. The molecule has 0 heterocycles. The molecule has 444 valence electrons. The van der Waals surface area contributed by atoms with Crippen molar-refractivity contribution < 1.29 is 69.4 Å². The van der Waals surface area contributed by atoms with Crippen molar-refractivity contribution in [3.63, 3.8) is 0 Å². The van der Waals surface area contributed by atoms with Crippen LogP contribution in [0.3, 0.4) is 0 Å². The lowest BCUT2D eigenvalue weighted by Gasteiger charge is -2.27. The minimum atomic E-state index is -1.36. The van der Waals surface area contributed by atoms with Gasteiger partial charge in [0.15, 0.2) is 11.2 Å². The third-order valence-electron chi connectivity index (χ3n) is 10.1. The molecule has 4 rings (SSSR count). The Kier molecular flexibility index (Phi) is 33.8. The number of benzene rings is 4. The number of carbonyl (C=O) groups excluding carboxylic acids is 6. The molecule has 0 spiro atoms. The Labute approximate surface area is 487 Å². The Morgan fingerprint density at radius 1 is 0.582 bits per heavy atom. The van der Waals surface area contributed by atoms with E-state index < -0.39 is 59.2 Å². The van der Waals surface area contributed by atoms with Crippen LogP contribution in [-0.2, 0) is 50.9 Å². The maximum atomic E-state index is 12.6. The summed E-state index contributed by atoms with van der Waals surface area (Å²) in [6.45, 7) is 19.4. The van der Waals surface area contributed by atoms with E-state index in [9.17, 15) is 28.8 Å². The van der Waals surface area contributed by atoms with Gasteiger partial charge in [-0.1, -0.05) is 83.5 Å². The summed E-state index contributed by atoms with van der Waals surface area (Å²) in [5.41, 5.74) is 4.14. The number of esters is 2. The largest absolute Gasteiger partial charge is 0.511 e. The molecular formula is C58H87Cl3N4O14. The first-order valence-electron chi connectivity index (χ1n) is 25.7. The van der Waals surface area contributed by atoms with E-state index in [0.717, 1.165) is 11.1 Å². The molecule has 0 bridgehead atoms. The van der Waals surface area contributed by atoms with Crippen LogP contribution in [0, 0.1) is 0 Å². The zero-order valence-corrected chi connectivity index (χ0v) is 48.6. The molecule has 0 aromatic heterocycles. The van der Waals surface area contributed by atoms with Crippen molar-refractivity contribution in [1.82, 2.24) is 16.0 Å². The van der Waals surface area contributed by atoms with Crippen molar-refractivity contribution in [1.29, 1.82) is 0 Å². The third-order valence-corrected chi connectivity index (χ3v) is 10.6. The number of amides is 2. The van der Waals surface area contributed by atoms with Crippen LogP contribution in [0.2, 0.25) is 10.0 Å². The van der Waals surface area contributed by atoms with Gasteiger partial charge in [-0.15, -0.1) is 12.4 Å². The Morgan fingerprint density at radius 2 is 0.899 bits per heavy atom. The molecule has 0 saturated heterocycles. The first-order chi connectivity index (χ1) is 36.5. The summed E-state index contributed by atoms with van der Waals surface area (Å²) in [4.78, 5) is 73.3. The lowest BCUT2D eigenvalue weighted by Crippen LogP contribution is -2.42. The molecule has 4 aromatic rings. The molecule has 5 N–H and O–H groups in total. The minimum absolute atomic E-state index is 0. The van der Waals surface area contributed by atoms with E-state index in [1.165, 1.54) is 35.1 Å². The smallest absolute Gasteiger partial charge is 0.476 e. The topological polar surface area (TPSA) is 238 Å². The molecule has 0 radical (unpaired) electrons. The SMILES string of the molecule is C.C.CC(OC(=O)OC(C)(C)CN)OC(=O)C(C)(C)Oc1ccc(CCNC(=O)c2ccc(Cl)cc2)cc1.CNCC(C)(C)OC(=O)OC(C)OC(=O)C(C)(C)Oc1ccc(CCNC(=O)c2ccc(Cl)cc2)cc1.Cl.[2H]CC.[3H]C. The summed E-state index contributed by atoms with van der Waals surface area (Å²) in [6, 6.07) is 27.6. The predicted octanol–water partition coefficient (Wildman–Crippen LogP) is 12.1. The van der Waals surface area contributed by atoms with Gasteiger partial charge in [0.25, 0.3) is 11.8 Å². The Hall–Kier alpha value is -6.31. The second-order valence-electron chi connectivity index (χ2n) is 18.7. The lowest BCUT2D eigenvalue weighted by atomic mass is 10.1. The number of ether oxygens (including phenoxy) is 8. The van der Waals surface area contributed by atoms with E-state index in [-0.39, 0.29) is 45.6 Å². The van der Waals surface area contributed by atoms with Gasteiger partial charge >= 0.3 is 24.2 Å². The summed E-state index contributed by atoms with van der Waals surface area (Å²) in [7, 11) is 2.99. The van der Waals surface area contributed by atoms with Gasteiger partial charge in [0, 0.05) is 63.9 Å². The number of hydrogen-bond donors (Lipinski definition) is 4. The molecule has 18 nitrogen and oxygen atoms in total. The molecule has 21 heteroatoms. The van der Waals surface area contributed by atoms with Crippen molar-refractivity contribution in [3.05, 3.63) is 129 Å². The Morgan fingerprint density at radius 3 is 1.20 bits per heavy atom. The van der Waals surface area contributed by atoms with E-state index in [4.69, 9.17) is 69.6 Å². The number of halogens is 3. The fourth-order valence-corrected chi connectivity index (χ4v) is 6.33. The molecule has 0 aliphatic heterocycles. The average Bonchev–Trinajstić information content (AvgIpc) is 3.35. The van der Waals surface area contributed by atoms with Crippen LogP contribution < -0.4 is 31.2 Å². The molecular weight excluding hydrogens is 1080 g/mol. The van der Waals surface area contributed by atoms with E-state index in [2.05, 4.69) is 16.0 Å². The third kappa shape index (κ3) is 29.5. The molecule has 2 unspecified atom stereocenters. The highest BCUT2D eigenvalue weighted by Gasteiger charge is 2.36. The number of nitrogens with one attached hydrogen (secondary N) is 3. The fourth-order valence-electron chi connectivity index (χ4n) is 6.08. The van der Waals surface area contributed by atoms with Crippen LogP contribution >= 0.6 is 35.6 Å².